The Labute approximate surface area is 213 Å². The number of aromatic nitrogens is 4. The molecule has 3 aromatic heterocycles. The van der Waals surface area contributed by atoms with Crippen LogP contribution in [0.3, 0.4) is 0 Å². The number of pyridine rings is 1. The molecule has 190 valence electrons. The lowest BCUT2D eigenvalue weighted by Gasteiger charge is -2.26. The van der Waals surface area contributed by atoms with Crippen LogP contribution in [0.25, 0.3) is 22.3 Å². The van der Waals surface area contributed by atoms with Crippen molar-refractivity contribution in [1.82, 2.24) is 35.5 Å². The van der Waals surface area contributed by atoms with Crippen molar-refractivity contribution >= 4 is 34.4 Å². The molecule has 0 radical (unpaired) electrons. The van der Waals surface area contributed by atoms with Crippen LogP contribution in [0.1, 0.15) is 10.5 Å². The average molecular weight is 501 g/mol. The first kappa shape index (κ1) is 24.3. The normalized spacial score (nSPS) is 13.5. The smallest absolute Gasteiger partial charge is 0.267 e. The van der Waals surface area contributed by atoms with E-state index in [4.69, 9.17) is 4.74 Å². The maximum Gasteiger partial charge on any atom is 0.267 e. The van der Waals surface area contributed by atoms with Gasteiger partial charge in [0.1, 0.15) is 5.69 Å². The number of hydrogen-bond acceptors (Lipinski definition) is 8. The predicted octanol–water partition coefficient (Wildman–Crippen LogP) is 1.94. The van der Waals surface area contributed by atoms with Gasteiger partial charge < -0.3 is 30.6 Å². The number of morpholine rings is 1. The molecule has 1 aliphatic heterocycles. The number of hydrogen-bond donors (Lipinski definition) is 4. The zero-order chi connectivity index (χ0) is 25.5. The molecule has 0 aliphatic carbocycles. The van der Waals surface area contributed by atoms with Gasteiger partial charge in [0.15, 0.2) is 0 Å². The lowest BCUT2D eigenvalue weighted by molar-refractivity contribution is -0.134. The summed E-state index contributed by atoms with van der Waals surface area (Å²) in [7, 11) is 0. The number of fused-ring (bicyclic) bond motifs is 1. The number of rotatable bonds is 9. The van der Waals surface area contributed by atoms with Gasteiger partial charge in [-0.25, -0.2) is 9.97 Å². The lowest BCUT2D eigenvalue weighted by atomic mass is 10.2. The Morgan fingerprint density at radius 2 is 1.86 bits per heavy atom. The molecule has 2 amide bonds. The van der Waals surface area contributed by atoms with Crippen molar-refractivity contribution in [2.24, 2.45) is 0 Å². The van der Waals surface area contributed by atoms with Gasteiger partial charge in [0.2, 0.25) is 11.9 Å². The number of aromatic amines is 1. The van der Waals surface area contributed by atoms with E-state index >= 15 is 0 Å². The maximum atomic E-state index is 12.6. The van der Waals surface area contributed by atoms with Crippen molar-refractivity contribution in [3.05, 3.63) is 66.6 Å². The highest BCUT2D eigenvalue weighted by Gasteiger charge is 2.16. The van der Waals surface area contributed by atoms with Gasteiger partial charge in [-0.05, 0) is 42.5 Å². The van der Waals surface area contributed by atoms with Crippen LogP contribution in [0.15, 0.2) is 60.9 Å². The van der Waals surface area contributed by atoms with Crippen molar-refractivity contribution in [2.45, 2.75) is 0 Å². The molecular weight excluding hydrogens is 472 g/mol. The largest absolute Gasteiger partial charge is 0.378 e. The van der Waals surface area contributed by atoms with E-state index in [1.165, 1.54) is 0 Å². The molecule has 4 N–H and O–H groups in total. The number of ether oxygens (including phenoxy) is 1. The Bertz CT molecular complexity index is 1370. The molecule has 11 nitrogen and oxygen atoms in total. The van der Waals surface area contributed by atoms with E-state index in [1.54, 1.807) is 23.4 Å². The van der Waals surface area contributed by atoms with E-state index in [1.807, 2.05) is 42.5 Å². The van der Waals surface area contributed by atoms with Crippen molar-refractivity contribution in [2.75, 3.05) is 51.3 Å². The minimum absolute atomic E-state index is 0.0449. The molecule has 4 aromatic rings. The number of carbonyl (C=O) groups is 2. The summed E-state index contributed by atoms with van der Waals surface area (Å²) >= 11 is 0. The van der Waals surface area contributed by atoms with E-state index in [9.17, 15) is 9.59 Å². The number of amides is 2. The number of benzene rings is 1. The Hall–Kier alpha value is -4.35. The molecule has 1 aromatic carbocycles. The molecule has 0 spiro atoms. The highest BCUT2D eigenvalue weighted by Crippen LogP contribution is 2.23. The fraction of sp³-hybridized carbons (Fsp3) is 0.269. The van der Waals surface area contributed by atoms with Gasteiger partial charge in [-0.3, -0.25) is 14.6 Å². The Kier molecular flexibility index (Phi) is 7.63. The van der Waals surface area contributed by atoms with Crippen LogP contribution in [-0.2, 0) is 9.53 Å². The van der Waals surface area contributed by atoms with E-state index in [-0.39, 0.29) is 18.4 Å². The van der Waals surface area contributed by atoms with Gasteiger partial charge >= 0.3 is 0 Å². The summed E-state index contributed by atoms with van der Waals surface area (Å²) in [4.78, 5) is 42.9. The molecule has 0 unspecified atom stereocenters. The second kappa shape index (κ2) is 11.6. The molecule has 1 saturated heterocycles. The van der Waals surface area contributed by atoms with Crippen molar-refractivity contribution in [3.8, 4) is 11.4 Å². The number of H-pyrrole nitrogens is 1. The van der Waals surface area contributed by atoms with Gasteiger partial charge in [-0.1, -0.05) is 6.07 Å². The zero-order valence-electron chi connectivity index (χ0n) is 20.2. The minimum atomic E-state index is -0.210. The SMILES string of the molecule is O=C(NCCNCC(=O)N1CCOCC1)c1cc2cc(Nc3nccc(-c4ccccn4)n3)ccc2[nH]1. The van der Waals surface area contributed by atoms with Crippen LogP contribution in [0.5, 0.6) is 0 Å². The molecule has 5 rings (SSSR count). The molecule has 4 heterocycles. The third kappa shape index (κ3) is 6.26. The van der Waals surface area contributed by atoms with Crippen molar-refractivity contribution in [1.29, 1.82) is 0 Å². The number of nitrogens with one attached hydrogen (secondary N) is 4. The third-order valence-corrected chi connectivity index (χ3v) is 5.93. The standard InChI is InChI=1S/C26H28N8O3/c35-24(34-11-13-37-14-12-34)17-27-9-10-29-25(36)23-16-18-15-19(4-5-20(18)32-23)31-26-30-8-6-22(33-26)21-3-1-2-7-28-21/h1-8,15-16,27,32H,9-14,17H2,(H,29,36)(H,30,31,33). The summed E-state index contributed by atoms with van der Waals surface area (Å²) in [5, 5.41) is 10.0. The Morgan fingerprint density at radius 3 is 2.70 bits per heavy atom. The number of anilines is 2. The predicted molar refractivity (Wildman–Crippen MR) is 139 cm³/mol. The maximum absolute atomic E-state index is 12.6. The quantitative estimate of drug-likeness (QED) is 0.256. The molecule has 0 saturated carbocycles. The molecule has 0 bridgehead atoms. The Morgan fingerprint density at radius 1 is 0.973 bits per heavy atom. The lowest BCUT2D eigenvalue weighted by Crippen LogP contribution is -2.45. The van der Waals surface area contributed by atoms with E-state index in [0.717, 1.165) is 28.0 Å². The van der Waals surface area contributed by atoms with E-state index < -0.39 is 0 Å². The first-order valence-corrected chi connectivity index (χ1v) is 12.1. The molecule has 11 heteroatoms. The summed E-state index contributed by atoms with van der Waals surface area (Å²) < 4.78 is 5.26. The van der Waals surface area contributed by atoms with Gasteiger partial charge in [0, 0.05) is 55.2 Å². The van der Waals surface area contributed by atoms with Crippen LogP contribution < -0.4 is 16.0 Å². The monoisotopic (exact) mass is 500 g/mol. The van der Waals surface area contributed by atoms with Crippen molar-refractivity contribution < 1.29 is 14.3 Å². The topological polar surface area (TPSA) is 137 Å². The van der Waals surface area contributed by atoms with Crippen molar-refractivity contribution in [3.63, 3.8) is 0 Å². The summed E-state index contributed by atoms with van der Waals surface area (Å²) in [6.07, 6.45) is 3.41. The van der Waals surface area contributed by atoms with Gasteiger partial charge in [0.25, 0.3) is 5.91 Å². The molecule has 37 heavy (non-hydrogen) atoms. The minimum Gasteiger partial charge on any atom is -0.378 e. The van der Waals surface area contributed by atoms with Gasteiger partial charge in [0.05, 0.1) is 31.1 Å². The highest BCUT2D eigenvalue weighted by molar-refractivity contribution is 5.98. The highest BCUT2D eigenvalue weighted by atomic mass is 16.5. The molecule has 0 atom stereocenters. The van der Waals surface area contributed by atoms with Gasteiger partial charge in [-0.15, -0.1) is 0 Å². The Balaban J connectivity index is 1.14. The fourth-order valence-electron chi connectivity index (χ4n) is 4.02. The van der Waals surface area contributed by atoms with Crippen LogP contribution in [0, 0.1) is 0 Å². The average Bonchev–Trinajstić information content (AvgIpc) is 3.37. The zero-order valence-corrected chi connectivity index (χ0v) is 20.2. The summed E-state index contributed by atoms with van der Waals surface area (Å²) in [5.41, 5.74) is 3.59. The molecular formula is C26H28N8O3. The fourth-order valence-corrected chi connectivity index (χ4v) is 4.02. The summed E-state index contributed by atoms with van der Waals surface area (Å²) in [6.45, 7) is 3.55. The van der Waals surface area contributed by atoms with Crippen LogP contribution in [0.4, 0.5) is 11.6 Å². The van der Waals surface area contributed by atoms with Crippen LogP contribution in [-0.4, -0.2) is 82.6 Å². The first-order valence-electron chi connectivity index (χ1n) is 12.1. The molecule has 1 fully saturated rings. The second-order valence-corrected chi connectivity index (χ2v) is 8.52. The number of nitrogens with zero attached hydrogens (tertiary/aromatic N) is 4. The number of carbonyl (C=O) groups excluding carboxylic acids is 2. The first-order chi connectivity index (χ1) is 18.2. The molecule has 1 aliphatic rings. The van der Waals surface area contributed by atoms with E-state index in [0.29, 0.717) is 51.0 Å². The third-order valence-electron chi connectivity index (χ3n) is 5.93. The second-order valence-electron chi connectivity index (χ2n) is 8.52. The van der Waals surface area contributed by atoms with E-state index in [2.05, 4.69) is 35.9 Å². The van der Waals surface area contributed by atoms with Gasteiger partial charge in [-0.2, -0.15) is 0 Å². The summed E-state index contributed by atoms with van der Waals surface area (Å²) in [5.74, 6) is 0.289. The summed E-state index contributed by atoms with van der Waals surface area (Å²) in [6, 6.07) is 15.0. The van der Waals surface area contributed by atoms with Crippen LogP contribution in [0.2, 0.25) is 0 Å². The van der Waals surface area contributed by atoms with Crippen LogP contribution >= 0.6 is 0 Å².